The minimum Gasteiger partial charge on any atom is -0.453 e. The fourth-order valence-electron chi connectivity index (χ4n) is 3.08. The first-order chi connectivity index (χ1) is 12.3. The van der Waals surface area contributed by atoms with Crippen molar-refractivity contribution in [3.05, 3.63) is 42.5 Å². The first-order valence-electron chi connectivity index (χ1n) is 8.52. The van der Waals surface area contributed by atoms with Crippen LogP contribution in [0.3, 0.4) is 0 Å². The molecule has 1 amide bonds. The topological polar surface area (TPSA) is 89.5 Å². The maximum Gasteiger partial charge on any atom is 0.306 e. The van der Waals surface area contributed by atoms with Crippen LogP contribution >= 0.6 is 0 Å². The number of carbonyl (C=O) groups excluding carboxylic acids is 2. The molecule has 138 valence electrons. The van der Waals surface area contributed by atoms with Gasteiger partial charge in [0.25, 0.3) is 5.91 Å². The van der Waals surface area contributed by atoms with E-state index in [0.717, 1.165) is 10.8 Å². The molecule has 0 aliphatic carbocycles. The summed E-state index contributed by atoms with van der Waals surface area (Å²) in [6.07, 6.45) is -0.464. The Morgan fingerprint density at radius 1 is 1.19 bits per heavy atom. The van der Waals surface area contributed by atoms with Crippen molar-refractivity contribution in [3.8, 4) is 0 Å². The average molecular weight is 375 g/mol. The monoisotopic (exact) mass is 375 g/mol. The molecule has 0 saturated carbocycles. The minimum absolute atomic E-state index is 0.0137. The zero-order valence-corrected chi connectivity index (χ0v) is 15.3. The summed E-state index contributed by atoms with van der Waals surface area (Å²) >= 11 is 0. The molecule has 3 rings (SSSR count). The van der Waals surface area contributed by atoms with Crippen molar-refractivity contribution in [1.82, 2.24) is 0 Å². The molecule has 1 heterocycles. The predicted octanol–water partition coefficient (Wildman–Crippen LogP) is 2.53. The smallest absolute Gasteiger partial charge is 0.306 e. The zero-order chi connectivity index (χ0) is 18.7. The first-order valence-corrected chi connectivity index (χ1v) is 10.3. The van der Waals surface area contributed by atoms with Crippen LogP contribution < -0.4 is 5.32 Å². The molecule has 0 bridgehead atoms. The number of sulfone groups is 1. The van der Waals surface area contributed by atoms with Crippen molar-refractivity contribution >= 4 is 38.2 Å². The second-order valence-corrected chi connectivity index (χ2v) is 8.89. The number of carbonyl (C=O) groups is 2. The van der Waals surface area contributed by atoms with Crippen molar-refractivity contribution in [3.63, 3.8) is 0 Å². The lowest BCUT2D eigenvalue weighted by Crippen LogP contribution is -2.30. The van der Waals surface area contributed by atoms with E-state index < -0.39 is 27.8 Å². The lowest BCUT2D eigenvalue weighted by atomic mass is 10.1. The van der Waals surface area contributed by atoms with Gasteiger partial charge in [0.05, 0.1) is 11.5 Å². The summed E-state index contributed by atoms with van der Waals surface area (Å²) < 4.78 is 28.0. The summed E-state index contributed by atoms with van der Waals surface area (Å²) in [6, 6.07) is 13.3. The van der Waals surface area contributed by atoms with Gasteiger partial charge in [-0.3, -0.25) is 9.59 Å². The maximum atomic E-state index is 12.2. The van der Waals surface area contributed by atoms with Gasteiger partial charge in [0.15, 0.2) is 15.9 Å². The second kappa shape index (κ2) is 7.45. The number of amides is 1. The van der Waals surface area contributed by atoms with Gasteiger partial charge in [-0.25, -0.2) is 8.42 Å². The van der Waals surface area contributed by atoms with Crippen LogP contribution in [-0.2, 0) is 24.2 Å². The van der Waals surface area contributed by atoms with Gasteiger partial charge in [0, 0.05) is 12.1 Å². The molecule has 26 heavy (non-hydrogen) atoms. The maximum absolute atomic E-state index is 12.2. The Morgan fingerprint density at radius 3 is 2.62 bits per heavy atom. The Bertz CT molecular complexity index is 938. The molecule has 6 nitrogen and oxygen atoms in total. The molecule has 0 unspecified atom stereocenters. The number of nitrogens with one attached hydrogen (secondary N) is 1. The zero-order valence-electron chi connectivity index (χ0n) is 14.5. The predicted molar refractivity (Wildman–Crippen MR) is 99.5 cm³/mol. The van der Waals surface area contributed by atoms with Crippen molar-refractivity contribution in [2.24, 2.45) is 5.92 Å². The largest absolute Gasteiger partial charge is 0.453 e. The fourth-order valence-corrected chi connectivity index (χ4v) is 4.94. The molecule has 1 saturated heterocycles. The number of hydrogen-bond donors (Lipinski definition) is 1. The Hall–Kier alpha value is -2.41. The van der Waals surface area contributed by atoms with Crippen LogP contribution in [0, 0.1) is 5.92 Å². The molecule has 2 atom stereocenters. The highest BCUT2D eigenvalue weighted by Crippen LogP contribution is 2.22. The van der Waals surface area contributed by atoms with Gasteiger partial charge in [-0.15, -0.1) is 0 Å². The molecule has 2 aromatic carbocycles. The summed E-state index contributed by atoms with van der Waals surface area (Å²) in [6.45, 7) is 1.50. The molecular weight excluding hydrogens is 354 g/mol. The number of anilines is 1. The van der Waals surface area contributed by atoms with E-state index in [9.17, 15) is 18.0 Å². The standard InChI is InChI=1S/C19H21NO5S/c1-13(25-18(21)10-14-8-9-26(23,24)12-14)19(22)20-17-7-6-15-4-2-3-5-16(15)11-17/h2-7,11,13-14H,8-10,12H2,1H3,(H,20,22)/t13-,14-/m0/s1. The van der Waals surface area contributed by atoms with Crippen molar-refractivity contribution in [2.75, 3.05) is 16.8 Å². The summed E-state index contributed by atoms with van der Waals surface area (Å²) in [5, 5.41) is 4.80. The van der Waals surface area contributed by atoms with Crippen molar-refractivity contribution in [2.45, 2.75) is 25.9 Å². The third-order valence-corrected chi connectivity index (χ3v) is 6.31. The minimum atomic E-state index is -3.03. The van der Waals surface area contributed by atoms with Crippen LogP contribution in [0.2, 0.25) is 0 Å². The van der Waals surface area contributed by atoms with Gasteiger partial charge in [-0.1, -0.05) is 30.3 Å². The number of esters is 1. The average Bonchev–Trinajstić information content (AvgIpc) is 2.93. The summed E-state index contributed by atoms with van der Waals surface area (Å²) in [5.74, 6) is -1.06. The van der Waals surface area contributed by atoms with Crippen LogP contribution in [0.4, 0.5) is 5.69 Å². The SMILES string of the molecule is C[C@H](OC(=O)C[C@@H]1CCS(=O)(=O)C1)C(=O)Nc1ccc2ccccc2c1. The van der Waals surface area contributed by atoms with Gasteiger partial charge in [0.2, 0.25) is 0 Å². The highest BCUT2D eigenvalue weighted by Gasteiger charge is 2.30. The van der Waals surface area contributed by atoms with Gasteiger partial charge in [-0.05, 0) is 42.2 Å². The van der Waals surface area contributed by atoms with Crippen LogP contribution in [0.25, 0.3) is 10.8 Å². The number of ether oxygens (including phenoxy) is 1. The number of fused-ring (bicyclic) bond motifs is 1. The Balaban J connectivity index is 1.54. The van der Waals surface area contributed by atoms with E-state index in [1.54, 1.807) is 6.07 Å². The lowest BCUT2D eigenvalue weighted by Gasteiger charge is -2.15. The molecule has 1 aliphatic rings. The van der Waals surface area contributed by atoms with E-state index in [-0.39, 0.29) is 23.8 Å². The summed E-state index contributed by atoms with van der Waals surface area (Å²) in [7, 11) is -3.03. The quantitative estimate of drug-likeness (QED) is 0.811. The molecule has 2 aromatic rings. The van der Waals surface area contributed by atoms with E-state index in [2.05, 4.69) is 5.32 Å². The normalized spacial score (nSPS) is 19.8. The first kappa shape index (κ1) is 18.4. The van der Waals surface area contributed by atoms with E-state index in [4.69, 9.17) is 4.74 Å². The molecule has 0 spiro atoms. The number of hydrogen-bond acceptors (Lipinski definition) is 5. The molecule has 1 N–H and O–H groups in total. The fraction of sp³-hybridized carbons (Fsp3) is 0.368. The molecular formula is C19H21NO5S. The van der Waals surface area contributed by atoms with Gasteiger partial charge in [0.1, 0.15) is 0 Å². The summed E-state index contributed by atoms with van der Waals surface area (Å²) in [5.41, 5.74) is 0.624. The highest BCUT2D eigenvalue weighted by atomic mass is 32.2. The van der Waals surface area contributed by atoms with Crippen molar-refractivity contribution < 1.29 is 22.7 Å². The molecule has 7 heteroatoms. The van der Waals surface area contributed by atoms with Crippen LogP contribution in [0.5, 0.6) is 0 Å². The lowest BCUT2D eigenvalue weighted by molar-refractivity contribution is -0.153. The summed E-state index contributed by atoms with van der Waals surface area (Å²) in [4.78, 5) is 24.2. The van der Waals surface area contributed by atoms with Gasteiger partial charge < -0.3 is 10.1 Å². The van der Waals surface area contributed by atoms with Gasteiger partial charge >= 0.3 is 5.97 Å². The third-order valence-electron chi connectivity index (χ3n) is 4.48. The Morgan fingerprint density at radius 2 is 1.92 bits per heavy atom. The Kier molecular flexibility index (Phi) is 5.27. The number of benzene rings is 2. The highest BCUT2D eigenvalue weighted by molar-refractivity contribution is 7.91. The molecule has 0 aromatic heterocycles. The van der Waals surface area contributed by atoms with Crippen molar-refractivity contribution in [1.29, 1.82) is 0 Å². The van der Waals surface area contributed by atoms with E-state index in [1.807, 2.05) is 36.4 Å². The van der Waals surface area contributed by atoms with Gasteiger partial charge in [-0.2, -0.15) is 0 Å². The number of rotatable bonds is 5. The third kappa shape index (κ3) is 4.60. The van der Waals surface area contributed by atoms with Crippen LogP contribution in [-0.4, -0.2) is 37.9 Å². The van der Waals surface area contributed by atoms with Crippen LogP contribution in [0.1, 0.15) is 19.8 Å². The second-order valence-electron chi connectivity index (χ2n) is 6.66. The molecule has 1 aliphatic heterocycles. The Labute approximate surface area is 152 Å². The van der Waals surface area contributed by atoms with E-state index >= 15 is 0 Å². The molecule has 0 radical (unpaired) electrons. The van der Waals surface area contributed by atoms with E-state index in [1.165, 1.54) is 6.92 Å². The van der Waals surface area contributed by atoms with Crippen LogP contribution in [0.15, 0.2) is 42.5 Å². The molecule has 1 fully saturated rings. The van der Waals surface area contributed by atoms with E-state index in [0.29, 0.717) is 12.1 Å².